The standard InChI is InChI=1S/C23H27ClN2O4S/c1-15(24)14-30-20-12-17(8-9-19(20)29-3)13-26(18-6-4-5-11-25-22(18)27)23(28)21-10-7-16(2)31-21/h7-10,12,18H,1,4-6,11,13-14H2,2-3H3,(H,25,27)/t18-/m0/s1. The molecule has 1 saturated heterocycles. The number of halogens is 1. The summed E-state index contributed by atoms with van der Waals surface area (Å²) in [4.78, 5) is 29.5. The predicted octanol–water partition coefficient (Wildman–Crippen LogP) is 4.51. The van der Waals surface area contributed by atoms with Gasteiger partial charge < -0.3 is 19.7 Å². The van der Waals surface area contributed by atoms with Crippen LogP contribution in [-0.2, 0) is 11.3 Å². The summed E-state index contributed by atoms with van der Waals surface area (Å²) in [5.41, 5.74) is 0.828. The fraction of sp³-hybridized carbons (Fsp3) is 0.391. The highest BCUT2D eigenvalue weighted by molar-refractivity contribution is 7.13. The fourth-order valence-corrected chi connectivity index (χ4v) is 4.40. The molecule has 0 saturated carbocycles. The highest BCUT2D eigenvalue weighted by Crippen LogP contribution is 2.30. The molecule has 0 unspecified atom stereocenters. The molecule has 1 aliphatic rings. The van der Waals surface area contributed by atoms with E-state index in [4.69, 9.17) is 21.1 Å². The average molecular weight is 463 g/mol. The predicted molar refractivity (Wildman–Crippen MR) is 123 cm³/mol. The Morgan fingerprint density at radius 3 is 2.77 bits per heavy atom. The number of ether oxygens (including phenoxy) is 2. The summed E-state index contributed by atoms with van der Waals surface area (Å²) in [5, 5.41) is 3.30. The van der Waals surface area contributed by atoms with E-state index in [1.807, 2.05) is 31.2 Å². The summed E-state index contributed by atoms with van der Waals surface area (Å²) in [7, 11) is 1.56. The van der Waals surface area contributed by atoms with Crippen molar-refractivity contribution in [2.24, 2.45) is 0 Å². The van der Waals surface area contributed by atoms with E-state index in [2.05, 4.69) is 11.9 Å². The lowest BCUT2D eigenvalue weighted by atomic mass is 10.1. The van der Waals surface area contributed by atoms with Gasteiger partial charge >= 0.3 is 0 Å². The highest BCUT2D eigenvalue weighted by atomic mass is 35.5. The fourth-order valence-electron chi connectivity index (χ4n) is 3.52. The van der Waals surface area contributed by atoms with Gasteiger partial charge in [0, 0.05) is 23.0 Å². The summed E-state index contributed by atoms with van der Waals surface area (Å²) >= 11 is 7.27. The van der Waals surface area contributed by atoms with Crippen molar-refractivity contribution in [1.29, 1.82) is 0 Å². The summed E-state index contributed by atoms with van der Waals surface area (Å²) in [5.74, 6) is 0.808. The molecule has 3 rings (SSSR count). The molecule has 1 aromatic carbocycles. The molecule has 8 heteroatoms. The number of nitrogens with one attached hydrogen (secondary N) is 1. The third-order valence-electron chi connectivity index (χ3n) is 5.06. The molecular weight excluding hydrogens is 436 g/mol. The largest absolute Gasteiger partial charge is 0.493 e. The molecule has 0 aliphatic carbocycles. The molecule has 2 aromatic rings. The van der Waals surface area contributed by atoms with Gasteiger partial charge in [-0.2, -0.15) is 0 Å². The van der Waals surface area contributed by atoms with E-state index in [9.17, 15) is 9.59 Å². The number of thiophene rings is 1. The first-order valence-electron chi connectivity index (χ1n) is 10.2. The first-order chi connectivity index (χ1) is 14.9. The second kappa shape index (κ2) is 10.7. The molecule has 2 heterocycles. The van der Waals surface area contributed by atoms with Crippen LogP contribution in [0.3, 0.4) is 0 Å². The van der Waals surface area contributed by atoms with Crippen LogP contribution in [0.25, 0.3) is 0 Å². The molecule has 2 amide bonds. The van der Waals surface area contributed by atoms with Crippen molar-refractivity contribution in [1.82, 2.24) is 10.2 Å². The Balaban J connectivity index is 1.92. The van der Waals surface area contributed by atoms with Gasteiger partial charge in [-0.15, -0.1) is 11.3 Å². The molecule has 0 spiro atoms. The lowest BCUT2D eigenvalue weighted by Gasteiger charge is -2.30. The minimum absolute atomic E-state index is 0.109. The smallest absolute Gasteiger partial charge is 0.264 e. The van der Waals surface area contributed by atoms with Crippen molar-refractivity contribution in [3.8, 4) is 11.5 Å². The van der Waals surface area contributed by atoms with E-state index in [1.165, 1.54) is 11.3 Å². The Morgan fingerprint density at radius 2 is 2.10 bits per heavy atom. The number of amides is 2. The van der Waals surface area contributed by atoms with Crippen LogP contribution in [0.4, 0.5) is 0 Å². The van der Waals surface area contributed by atoms with E-state index in [1.54, 1.807) is 18.1 Å². The Labute approximate surface area is 191 Å². The van der Waals surface area contributed by atoms with E-state index in [0.29, 0.717) is 34.4 Å². The van der Waals surface area contributed by atoms with Crippen LogP contribution in [0, 0.1) is 6.92 Å². The zero-order valence-electron chi connectivity index (χ0n) is 17.8. The second-order valence-corrected chi connectivity index (χ2v) is 9.26. The van der Waals surface area contributed by atoms with Gasteiger partial charge in [0.1, 0.15) is 12.6 Å². The third kappa shape index (κ3) is 6.02. The number of rotatable bonds is 8. The number of aryl methyl sites for hydroxylation is 1. The summed E-state index contributed by atoms with van der Waals surface area (Å²) in [6.45, 7) is 6.65. The van der Waals surface area contributed by atoms with Crippen molar-refractivity contribution in [3.05, 3.63) is 57.3 Å². The summed E-state index contributed by atoms with van der Waals surface area (Å²) < 4.78 is 11.1. The Kier molecular flexibility index (Phi) is 7.98. The monoisotopic (exact) mass is 462 g/mol. The number of carbonyl (C=O) groups excluding carboxylic acids is 2. The Hall–Kier alpha value is -2.51. The van der Waals surface area contributed by atoms with Crippen LogP contribution in [0.15, 0.2) is 41.9 Å². The average Bonchev–Trinajstić information content (AvgIpc) is 3.07. The lowest BCUT2D eigenvalue weighted by Crippen LogP contribution is -2.48. The van der Waals surface area contributed by atoms with E-state index < -0.39 is 6.04 Å². The van der Waals surface area contributed by atoms with E-state index in [-0.39, 0.29) is 25.0 Å². The van der Waals surface area contributed by atoms with Gasteiger partial charge in [-0.3, -0.25) is 9.59 Å². The maximum atomic E-state index is 13.4. The molecule has 1 aromatic heterocycles. The topological polar surface area (TPSA) is 67.9 Å². The molecule has 1 fully saturated rings. The van der Waals surface area contributed by atoms with Gasteiger partial charge in [0.15, 0.2) is 11.5 Å². The molecule has 0 bridgehead atoms. The van der Waals surface area contributed by atoms with Crippen molar-refractivity contribution in [3.63, 3.8) is 0 Å². The molecule has 1 aliphatic heterocycles. The number of hydrogen-bond acceptors (Lipinski definition) is 5. The minimum Gasteiger partial charge on any atom is -0.493 e. The zero-order chi connectivity index (χ0) is 22.4. The van der Waals surface area contributed by atoms with Crippen molar-refractivity contribution < 1.29 is 19.1 Å². The molecule has 0 radical (unpaired) electrons. The number of carbonyl (C=O) groups is 2. The molecule has 1 atom stereocenters. The van der Waals surface area contributed by atoms with E-state index >= 15 is 0 Å². The Bertz CT molecular complexity index is 959. The van der Waals surface area contributed by atoms with Gasteiger partial charge in [0.25, 0.3) is 5.91 Å². The van der Waals surface area contributed by atoms with Crippen LogP contribution in [0.2, 0.25) is 0 Å². The van der Waals surface area contributed by atoms with Crippen LogP contribution in [0.5, 0.6) is 11.5 Å². The zero-order valence-corrected chi connectivity index (χ0v) is 19.4. The number of methoxy groups -OCH3 is 1. The van der Waals surface area contributed by atoms with Gasteiger partial charge in [-0.05, 0) is 56.0 Å². The van der Waals surface area contributed by atoms with Crippen LogP contribution in [-0.4, -0.2) is 43.0 Å². The number of benzene rings is 1. The van der Waals surface area contributed by atoms with Crippen molar-refractivity contribution in [2.75, 3.05) is 20.3 Å². The SMILES string of the molecule is C=C(Cl)COc1cc(CN(C(=O)c2ccc(C)s2)[C@H]2CCCCNC2=O)ccc1OC. The third-order valence-corrected chi connectivity index (χ3v) is 6.16. The maximum Gasteiger partial charge on any atom is 0.264 e. The molecule has 31 heavy (non-hydrogen) atoms. The minimum atomic E-state index is -0.522. The quantitative estimate of drug-likeness (QED) is 0.626. The van der Waals surface area contributed by atoms with E-state index in [0.717, 1.165) is 23.3 Å². The second-order valence-electron chi connectivity index (χ2n) is 7.44. The number of hydrogen-bond donors (Lipinski definition) is 1. The molecule has 6 nitrogen and oxygen atoms in total. The van der Waals surface area contributed by atoms with Gasteiger partial charge in [-0.25, -0.2) is 0 Å². The summed E-state index contributed by atoms with van der Waals surface area (Å²) in [6.07, 6.45) is 2.42. The van der Waals surface area contributed by atoms with Gasteiger partial charge in [0.2, 0.25) is 5.91 Å². The maximum absolute atomic E-state index is 13.4. The number of nitrogens with zero attached hydrogens (tertiary/aromatic N) is 1. The molecule has 1 N–H and O–H groups in total. The molecular formula is C23H27ClN2O4S. The molecule has 166 valence electrons. The van der Waals surface area contributed by atoms with Gasteiger partial charge in [-0.1, -0.05) is 24.2 Å². The van der Waals surface area contributed by atoms with Crippen molar-refractivity contribution >= 4 is 34.8 Å². The first kappa shape index (κ1) is 23.2. The lowest BCUT2D eigenvalue weighted by molar-refractivity contribution is -0.125. The first-order valence-corrected chi connectivity index (χ1v) is 11.4. The highest BCUT2D eigenvalue weighted by Gasteiger charge is 2.32. The van der Waals surface area contributed by atoms with Crippen LogP contribution >= 0.6 is 22.9 Å². The Morgan fingerprint density at radius 1 is 1.29 bits per heavy atom. The van der Waals surface area contributed by atoms with Crippen LogP contribution < -0.4 is 14.8 Å². The summed E-state index contributed by atoms with van der Waals surface area (Å²) in [6, 6.07) is 8.68. The van der Waals surface area contributed by atoms with Crippen molar-refractivity contribution in [2.45, 2.75) is 38.8 Å². The normalized spacial score (nSPS) is 16.2. The van der Waals surface area contributed by atoms with Crippen LogP contribution in [0.1, 0.15) is 39.4 Å². The van der Waals surface area contributed by atoms with Gasteiger partial charge in [0.05, 0.1) is 12.0 Å².